The molecule has 1 N–H and O–H groups in total. The summed E-state index contributed by atoms with van der Waals surface area (Å²) >= 11 is 3.59. The number of rotatable bonds is 6. The quantitative estimate of drug-likeness (QED) is 0.358. The molecule has 0 radical (unpaired) electrons. The molecule has 4 heterocycles. The van der Waals surface area contributed by atoms with Gasteiger partial charge in [-0.25, -0.2) is 0 Å². The summed E-state index contributed by atoms with van der Waals surface area (Å²) in [4.78, 5) is 61.4. The van der Waals surface area contributed by atoms with Crippen LogP contribution in [0, 0.1) is 11.8 Å². The smallest absolute Gasteiger partial charge is 0.313 e. The zero-order valence-corrected chi connectivity index (χ0v) is 28.2. The summed E-state index contributed by atoms with van der Waals surface area (Å²) in [6.07, 6.45) is 6.25. The number of likely N-dealkylation sites (tertiary alicyclic amines) is 1. The number of cyclic esters (lactones) is 1. The average Bonchev–Trinajstić information content (AvgIpc) is 3.63. The van der Waals surface area contributed by atoms with Crippen LogP contribution in [0.25, 0.3) is 0 Å². The van der Waals surface area contributed by atoms with Crippen molar-refractivity contribution in [1.82, 2.24) is 14.7 Å². The second kappa shape index (κ2) is 13.4. The molecule has 2 fully saturated rings. The van der Waals surface area contributed by atoms with E-state index in [2.05, 4.69) is 15.9 Å². The number of allylic oxidation sites excluding steroid dienone is 1. The highest BCUT2D eigenvalue weighted by Crippen LogP contribution is 2.59. The first-order valence-corrected chi connectivity index (χ1v) is 16.7. The van der Waals surface area contributed by atoms with Crippen molar-refractivity contribution in [2.45, 2.75) is 95.4 Å². The maximum absolute atomic E-state index is 14.7. The Bertz CT molecular complexity index is 1370. The highest BCUT2D eigenvalue weighted by Gasteiger charge is 2.75. The molecule has 0 aliphatic carbocycles. The van der Waals surface area contributed by atoms with Gasteiger partial charge in [-0.3, -0.25) is 19.2 Å². The van der Waals surface area contributed by atoms with E-state index in [0.29, 0.717) is 16.5 Å². The molecule has 0 aromatic heterocycles. The second-order valence-corrected chi connectivity index (χ2v) is 13.7. The third kappa shape index (κ3) is 5.76. The highest BCUT2D eigenvalue weighted by atomic mass is 79.9. The monoisotopic (exact) mass is 685 g/mol. The van der Waals surface area contributed by atoms with Crippen LogP contribution < -0.4 is 0 Å². The van der Waals surface area contributed by atoms with Gasteiger partial charge in [-0.05, 0) is 45.3 Å². The summed E-state index contributed by atoms with van der Waals surface area (Å²) in [5.41, 5.74) is -0.709. The normalized spacial score (nSPS) is 34.5. The second-order valence-electron chi connectivity index (χ2n) is 12.8. The molecule has 2 saturated heterocycles. The largest absolute Gasteiger partial charge is 0.455 e. The van der Waals surface area contributed by atoms with Gasteiger partial charge in [-0.2, -0.15) is 0 Å². The molecule has 11 heteroatoms. The fraction of sp³-hybridized carbons (Fsp3) is 0.588. The fourth-order valence-corrected chi connectivity index (χ4v) is 8.13. The zero-order valence-electron chi connectivity index (χ0n) is 26.6. The number of halogens is 1. The standard InChI is InChI=1S/C34H44BrN3O7/c1-6-13-20(2)37-17-12-8-11-16-25(40)36(5)22(4)28(23-14-9-7-10-15-23)44-33(43)26-27-31(41)38(21(3)19-39)30(32(37)42)34(27)18-24(35)29(26)45-34/h7-10,12,14-15,18,20-22,26-30,39H,6,11,13,16-17,19H2,1-5H3/b12-8-/t20?,21-,22-,26+,27-,28+,29+,30+,34-/m1/s1. The van der Waals surface area contributed by atoms with Crippen LogP contribution in [-0.4, -0.2) is 99.6 Å². The van der Waals surface area contributed by atoms with Gasteiger partial charge in [0.2, 0.25) is 17.7 Å². The third-order valence-electron chi connectivity index (χ3n) is 9.94. The van der Waals surface area contributed by atoms with E-state index in [1.807, 2.05) is 63.3 Å². The predicted octanol–water partition coefficient (Wildman–Crippen LogP) is 3.74. The van der Waals surface area contributed by atoms with E-state index in [4.69, 9.17) is 9.47 Å². The van der Waals surface area contributed by atoms with E-state index in [9.17, 15) is 24.3 Å². The molecular weight excluding hydrogens is 642 g/mol. The van der Waals surface area contributed by atoms with Crippen LogP contribution >= 0.6 is 15.9 Å². The van der Waals surface area contributed by atoms with Crippen molar-refractivity contribution in [3.8, 4) is 0 Å². The van der Waals surface area contributed by atoms with Crippen molar-refractivity contribution in [3.05, 3.63) is 58.6 Å². The number of esters is 1. The number of likely N-dealkylation sites (N-methyl/N-ethyl adjacent to an activating group) is 1. The lowest BCUT2D eigenvalue weighted by Gasteiger charge is -2.39. The first kappa shape index (κ1) is 33.3. The number of aliphatic hydroxyl groups is 1. The van der Waals surface area contributed by atoms with Gasteiger partial charge >= 0.3 is 5.97 Å². The van der Waals surface area contributed by atoms with Crippen LogP contribution in [-0.2, 0) is 28.7 Å². The molecule has 244 valence electrons. The van der Waals surface area contributed by atoms with Gasteiger partial charge in [0.25, 0.3) is 0 Å². The summed E-state index contributed by atoms with van der Waals surface area (Å²) in [5.74, 6) is -3.54. The molecule has 4 aliphatic rings. The van der Waals surface area contributed by atoms with E-state index in [0.717, 1.165) is 12.8 Å². The van der Waals surface area contributed by atoms with Crippen LogP contribution in [0.4, 0.5) is 0 Å². The van der Waals surface area contributed by atoms with E-state index < -0.39 is 59.6 Å². The molecule has 1 spiro atoms. The summed E-state index contributed by atoms with van der Waals surface area (Å²) in [6, 6.07) is 6.79. The molecule has 9 atom stereocenters. The molecule has 4 aliphatic heterocycles. The van der Waals surface area contributed by atoms with Crippen molar-refractivity contribution >= 4 is 39.6 Å². The Morgan fingerprint density at radius 1 is 1.04 bits per heavy atom. The number of hydrogen-bond acceptors (Lipinski definition) is 7. The number of hydrogen-bond donors (Lipinski definition) is 1. The molecule has 1 unspecified atom stereocenters. The summed E-state index contributed by atoms with van der Waals surface area (Å²) in [6.45, 7) is 7.48. The molecule has 0 saturated carbocycles. The van der Waals surface area contributed by atoms with Gasteiger partial charge in [0.1, 0.15) is 29.8 Å². The fourth-order valence-electron chi connectivity index (χ4n) is 7.40. The summed E-state index contributed by atoms with van der Waals surface area (Å²) < 4.78 is 13.4. The highest BCUT2D eigenvalue weighted by molar-refractivity contribution is 9.11. The van der Waals surface area contributed by atoms with Crippen molar-refractivity contribution in [3.63, 3.8) is 0 Å². The van der Waals surface area contributed by atoms with Crippen LogP contribution in [0.1, 0.15) is 65.0 Å². The first-order chi connectivity index (χ1) is 21.5. The number of amides is 3. The molecule has 3 amide bonds. The third-order valence-corrected chi connectivity index (χ3v) is 10.6. The summed E-state index contributed by atoms with van der Waals surface area (Å²) in [7, 11) is 1.70. The number of ether oxygens (including phenoxy) is 2. The Kier molecular flexibility index (Phi) is 9.91. The van der Waals surface area contributed by atoms with E-state index in [1.165, 1.54) is 4.90 Å². The number of nitrogens with zero attached hydrogens (tertiary/aromatic N) is 3. The number of carbonyl (C=O) groups excluding carboxylic acids is 4. The van der Waals surface area contributed by atoms with Crippen molar-refractivity contribution in [2.75, 3.05) is 20.2 Å². The van der Waals surface area contributed by atoms with Gasteiger partial charge in [0.05, 0.1) is 24.6 Å². The Morgan fingerprint density at radius 2 is 1.76 bits per heavy atom. The lowest BCUT2D eigenvalue weighted by molar-refractivity contribution is -0.164. The topological polar surface area (TPSA) is 117 Å². The van der Waals surface area contributed by atoms with Crippen LogP contribution in [0.3, 0.4) is 0 Å². The predicted molar refractivity (Wildman–Crippen MR) is 171 cm³/mol. The van der Waals surface area contributed by atoms with E-state index >= 15 is 0 Å². The number of benzene rings is 1. The minimum Gasteiger partial charge on any atom is -0.455 e. The van der Waals surface area contributed by atoms with E-state index in [1.54, 1.807) is 29.8 Å². The van der Waals surface area contributed by atoms with Gasteiger partial charge < -0.3 is 29.3 Å². The average molecular weight is 687 g/mol. The molecule has 1 aromatic rings. The van der Waals surface area contributed by atoms with Crippen LogP contribution in [0.15, 0.2) is 53.0 Å². The lowest BCUT2D eigenvalue weighted by Crippen LogP contribution is -2.59. The molecule has 10 nitrogen and oxygen atoms in total. The molecule has 45 heavy (non-hydrogen) atoms. The summed E-state index contributed by atoms with van der Waals surface area (Å²) in [5, 5.41) is 10.2. The molecule has 5 bridgehead atoms. The molecular formula is C34H44BrN3O7. The minimum atomic E-state index is -1.42. The van der Waals surface area contributed by atoms with Crippen molar-refractivity contribution < 1.29 is 33.8 Å². The first-order valence-electron chi connectivity index (χ1n) is 15.9. The lowest BCUT2D eigenvalue weighted by atomic mass is 9.74. The van der Waals surface area contributed by atoms with Crippen LogP contribution in [0.5, 0.6) is 0 Å². The van der Waals surface area contributed by atoms with Gasteiger partial charge in [0, 0.05) is 30.5 Å². The Hall–Kier alpha value is -3.02. The Balaban J connectivity index is 1.64. The maximum Gasteiger partial charge on any atom is 0.313 e. The SMILES string of the molecule is CCCC(C)N1C/C=C\CCC(=O)N(C)[C@H](C)[C@@H](c2ccccc2)OC(=O)[C@@H]2[C@H]3O[C@@]4(C=C3Br)[C@H](C1=O)N([C@H](C)CO)C(=O)[C@@H]24. The Labute approximate surface area is 273 Å². The molecule has 1 aromatic carbocycles. The van der Waals surface area contributed by atoms with Gasteiger partial charge in [-0.1, -0.05) is 71.8 Å². The molecule has 5 rings (SSSR count). The zero-order chi connectivity index (χ0) is 32.6. The minimum absolute atomic E-state index is 0.100. The Morgan fingerprint density at radius 3 is 2.42 bits per heavy atom. The van der Waals surface area contributed by atoms with E-state index in [-0.39, 0.29) is 37.4 Å². The van der Waals surface area contributed by atoms with Crippen molar-refractivity contribution in [1.29, 1.82) is 0 Å². The van der Waals surface area contributed by atoms with Gasteiger partial charge in [-0.15, -0.1) is 0 Å². The van der Waals surface area contributed by atoms with Crippen LogP contribution in [0.2, 0.25) is 0 Å². The number of fused-ring (bicyclic) bond motifs is 2. The van der Waals surface area contributed by atoms with Gasteiger partial charge in [0.15, 0.2) is 0 Å². The number of carbonyl (C=O) groups is 4. The van der Waals surface area contributed by atoms with Crippen molar-refractivity contribution in [2.24, 2.45) is 11.8 Å². The number of aliphatic hydroxyl groups excluding tert-OH is 1. The maximum atomic E-state index is 14.7.